The van der Waals surface area contributed by atoms with Gasteiger partial charge < -0.3 is 10.2 Å². The van der Waals surface area contributed by atoms with Crippen LogP contribution >= 0.6 is 15.9 Å². The molecular weight excluding hydrogens is 240 g/mol. The molecule has 0 saturated heterocycles. The van der Waals surface area contributed by atoms with E-state index in [1.165, 1.54) is 11.3 Å². The molecule has 0 fully saturated rings. The molecule has 0 amide bonds. The number of nitrogens with zero attached hydrogens (tertiary/aromatic N) is 1. The lowest BCUT2D eigenvalue weighted by Gasteiger charge is -2.30. The van der Waals surface area contributed by atoms with Gasteiger partial charge in [0.1, 0.15) is 0 Å². The van der Waals surface area contributed by atoms with Gasteiger partial charge in [-0.3, -0.25) is 0 Å². The molecule has 3 heteroatoms. The normalized spacial score (nSPS) is 20.4. The summed E-state index contributed by atoms with van der Waals surface area (Å²) in [5.74, 6) is 0. The number of anilines is 1. The van der Waals surface area contributed by atoms with Gasteiger partial charge in [-0.25, -0.2) is 0 Å². The van der Waals surface area contributed by atoms with E-state index in [1.807, 2.05) is 0 Å². The molecule has 1 aliphatic heterocycles. The van der Waals surface area contributed by atoms with Crippen LogP contribution in [0.15, 0.2) is 22.7 Å². The van der Waals surface area contributed by atoms with Crippen LogP contribution in [0.25, 0.3) is 0 Å². The second-order valence-electron chi connectivity index (χ2n) is 4.00. The zero-order valence-corrected chi connectivity index (χ0v) is 10.1. The third-order valence-corrected chi connectivity index (χ3v) is 3.28. The molecule has 1 heterocycles. The van der Waals surface area contributed by atoms with Gasteiger partial charge >= 0.3 is 0 Å². The number of rotatable bonds is 1. The summed E-state index contributed by atoms with van der Waals surface area (Å²) in [5.41, 5.74) is 2.69. The third kappa shape index (κ3) is 1.93. The van der Waals surface area contributed by atoms with Crippen molar-refractivity contribution in [1.29, 1.82) is 0 Å². The van der Waals surface area contributed by atoms with E-state index in [1.54, 1.807) is 0 Å². The Kier molecular flexibility index (Phi) is 2.79. The van der Waals surface area contributed by atoms with E-state index in [4.69, 9.17) is 0 Å². The number of hydrogen-bond acceptors (Lipinski definition) is 2. The Labute approximate surface area is 93.4 Å². The molecule has 2 nitrogen and oxygen atoms in total. The first kappa shape index (κ1) is 9.99. The molecule has 1 aromatic carbocycles. The largest absolute Gasteiger partial charge is 0.383 e. The Hall–Kier alpha value is -0.540. The molecule has 0 radical (unpaired) electrons. The van der Waals surface area contributed by atoms with Crippen LogP contribution in [0.1, 0.15) is 5.56 Å². The lowest BCUT2D eigenvalue weighted by Crippen LogP contribution is -2.39. The fourth-order valence-corrected chi connectivity index (χ4v) is 2.17. The minimum absolute atomic E-state index is 0.615. The Morgan fingerprint density at radius 3 is 2.93 bits per heavy atom. The molecule has 1 N–H and O–H groups in total. The Morgan fingerprint density at radius 2 is 2.21 bits per heavy atom. The second kappa shape index (κ2) is 3.91. The predicted molar refractivity (Wildman–Crippen MR) is 63.8 cm³/mol. The van der Waals surface area contributed by atoms with Crippen molar-refractivity contribution in [2.75, 3.05) is 26.0 Å². The van der Waals surface area contributed by atoms with Crippen LogP contribution in [0.3, 0.4) is 0 Å². The van der Waals surface area contributed by atoms with Gasteiger partial charge in [-0.1, -0.05) is 22.0 Å². The van der Waals surface area contributed by atoms with E-state index in [9.17, 15) is 0 Å². The molecule has 0 aliphatic carbocycles. The number of hydrogen-bond donors (Lipinski definition) is 1. The van der Waals surface area contributed by atoms with Crippen LogP contribution in [0.2, 0.25) is 0 Å². The third-order valence-electron chi connectivity index (χ3n) is 2.79. The number of halogens is 1. The molecule has 0 spiro atoms. The quantitative estimate of drug-likeness (QED) is 0.828. The first-order chi connectivity index (χ1) is 6.66. The first-order valence-electron chi connectivity index (χ1n) is 4.85. The van der Waals surface area contributed by atoms with Gasteiger partial charge in [-0.2, -0.15) is 0 Å². The summed E-state index contributed by atoms with van der Waals surface area (Å²) in [6, 6.07) is 7.07. The van der Waals surface area contributed by atoms with Crippen molar-refractivity contribution in [3.63, 3.8) is 0 Å². The average Bonchev–Trinajstić information content (AvgIpc) is 2.16. The maximum Gasteiger partial charge on any atom is 0.0385 e. The zero-order chi connectivity index (χ0) is 10.1. The average molecular weight is 255 g/mol. The standard InChI is InChI=1S/C11H15BrN2/c1-14(2)10-5-8-3-4-9(12)6-11(8)13-7-10/h3-4,6,10,13H,5,7H2,1-2H3. The van der Waals surface area contributed by atoms with Crippen LogP contribution < -0.4 is 5.32 Å². The molecule has 1 aliphatic rings. The van der Waals surface area contributed by atoms with Gasteiger partial charge in [-0.15, -0.1) is 0 Å². The van der Waals surface area contributed by atoms with Gasteiger partial charge in [0.25, 0.3) is 0 Å². The minimum atomic E-state index is 0.615. The fourth-order valence-electron chi connectivity index (χ4n) is 1.81. The molecule has 1 unspecified atom stereocenters. The summed E-state index contributed by atoms with van der Waals surface area (Å²) in [5, 5.41) is 3.46. The molecule has 76 valence electrons. The van der Waals surface area contributed by atoms with Crippen LogP contribution in [-0.4, -0.2) is 31.6 Å². The number of nitrogens with one attached hydrogen (secondary N) is 1. The lowest BCUT2D eigenvalue weighted by atomic mass is 9.99. The highest BCUT2D eigenvalue weighted by molar-refractivity contribution is 9.10. The zero-order valence-electron chi connectivity index (χ0n) is 8.55. The Morgan fingerprint density at radius 1 is 1.43 bits per heavy atom. The molecule has 1 atom stereocenters. The van der Waals surface area contributed by atoms with Crippen molar-refractivity contribution >= 4 is 21.6 Å². The molecule has 14 heavy (non-hydrogen) atoms. The van der Waals surface area contributed by atoms with E-state index in [0.717, 1.165) is 17.4 Å². The summed E-state index contributed by atoms with van der Waals surface area (Å²) in [6.45, 7) is 1.04. The van der Waals surface area contributed by atoms with E-state index in [0.29, 0.717) is 6.04 Å². The number of fused-ring (bicyclic) bond motifs is 1. The predicted octanol–water partition coefficient (Wildman–Crippen LogP) is 2.35. The summed E-state index contributed by atoms with van der Waals surface area (Å²) < 4.78 is 1.15. The van der Waals surface area contributed by atoms with Gasteiger partial charge in [0.15, 0.2) is 0 Å². The van der Waals surface area contributed by atoms with Crippen LogP contribution in [0.4, 0.5) is 5.69 Å². The van der Waals surface area contributed by atoms with Crippen molar-refractivity contribution < 1.29 is 0 Å². The minimum Gasteiger partial charge on any atom is -0.383 e. The van der Waals surface area contributed by atoms with Gasteiger partial charge in [0.2, 0.25) is 0 Å². The van der Waals surface area contributed by atoms with Crippen molar-refractivity contribution in [1.82, 2.24) is 4.90 Å². The highest BCUT2D eigenvalue weighted by atomic mass is 79.9. The second-order valence-corrected chi connectivity index (χ2v) is 4.92. The van der Waals surface area contributed by atoms with Crippen LogP contribution in [-0.2, 0) is 6.42 Å². The summed E-state index contributed by atoms with van der Waals surface area (Å²) in [7, 11) is 4.27. The molecule has 1 aromatic rings. The lowest BCUT2D eigenvalue weighted by molar-refractivity contribution is 0.299. The molecular formula is C11H15BrN2. The van der Waals surface area contributed by atoms with Crippen molar-refractivity contribution in [3.05, 3.63) is 28.2 Å². The van der Waals surface area contributed by atoms with E-state index in [2.05, 4.69) is 58.4 Å². The fraction of sp³-hybridized carbons (Fsp3) is 0.455. The van der Waals surface area contributed by atoms with Gasteiger partial charge in [-0.05, 0) is 38.2 Å². The number of likely N-dealkylation sites (N-methyl/N-ethyl adjacent to an activating group) is 1. The van der Waals surface area contributed by atoms with Crippen molar-refractivity contribution in [2.45, 2.75) is 12.5 Å². The van der Waals surface area contributed by atoms with E-state index >= 15 is 0 Å². The SMILES string of the molecule is CN(C)C1CNc2cc(Br)ccc2C1. The molecule has 2 rings (SSSR count). The monoisotopic (exact) mass is 254 g/mol. The summed E-state index contributed by atoms with van der Waals surface area (Å²) >= 11 is 3.48. The molecule has 0 saturated carbocycles. The maximum absolute atomic E-state index is 3.48. The van der Waals surface area contributed by atoms with Gasteiger partial charge in [0, 0.05) is 22.7 Å². The highest BCUT2D eigenvalue weighted by Gasteiger charge is 2.19. The van der Waals surface area contributed by atoms with Crippen LogP contribution in [0.5, 0.6) is 0 Å². The Bertz CT molecular complexity index is 336. The van der Waals surface area contributed by atoms with Gasteiger partial charge in [0.05, 0.1) is 0 Å². The number of benzene rings is 1. The smallest absolute Gasteiger partial charge is 0.0385 e. The summed E-state index contributed by atoms with van der Waals surface area (Å²) in [6.07, 6.45) is 1.14. The highest BCUT2D eigenvalue weighted by Crippen LogP contribution is 2.26. The molecule has 0 bridgehead atoms. The topological polar surface area (TPSA) is 15.3 Å². The van der Waals surface area contributed by atoms with Crippen molar-refractivity contribution in [2.24, 2.45) is 0 Å². The van der Waals surface area contributed by atoms with E-state index < -0.39 is 0 Å². The Balaban J connectivity index is 2.23. The molecule has 0 aromatic heterocycles. The van der Waals surface area contributed by atoms with E-state index in [-0.39, 0.29) is 0 Å². The van der Waals surface area contributed by atoms with Crippen LogP contribution in [0, 0.1) is 0 Å². The summed E-state index contributed by atoms with van der Waals surface area (Å²) in [4.78, 5) is 2.28. The van der Waals surface area contributed by atoms with Crippen molar-refractivity contribution in [3.8, 4) is 0 Å². The first-order valence-corrected chi connectivity index (χ1v) is 5.65. The maximum atomic E-state index is 3.48.